The van der Waals surface area contributed by atoms with E-state index in [9.17, 15) is 0 Å². The third-order valence-corrected chi connectivity index (χ3v) is 3.53. The molecule has 0 heterocycles. The van der Waals surface area contributed by atoms with E-state index in [1.807, 2.05) is 49.4 Å². The molecule has 0 radical (unpaired) electrons. The van der Waals surface area contributed by atoms with Crippen LogP contribution in [0.15, 0.2) is 60.2 Å². The van der Waals surface area contributed by atoms with E-state index in [0.717, 1.165) is 16.1 Å². The molecule has 1 N–H and O–H groups in total. The number of hydrogen-bond donors (Lipinski definition) is 1. The van der Waals surface area contributed by atoms with E-state index in [1.165, 1.54) is 0 Å². The molecule has 0 saturated heterocycles. The first kappa shape index (κ1) is 17.9. The van der Waals surface area contributed by atoms with Gasteiger partial charge in [0.05, 0.1) is 19.4 Å². The van der Waals surface area contributed by atoms with Crippen molar-refractivity contribution in [2.24, 2.45) is 5.10 Å². The van der Waals surface area contributed by atoms with Crippen LogP contribution >= 0.6 is 11.6 Å². The quantitative estimate of drug-likeness (QED) is 0.416. The molecule has 0 spiro atoms. The molecule has 0 aliphatic heterocycles. The van der Waals surface area contributed by atoms with Gasteiger partial charge in [0.25, 0.3) is 0 Å². The fraction of sp³-hybridized carbons (Fsp3) is 0.211. The first-order chi connectivity index (χ1) is 11.7. The molecule has 2 aromatic carbocycles. The fourth-order valence-corrected chi connectivity index (χ4v) is 2.24. The summed E-state index contributed by atoms with van der Waals surface area (Å²) in [5, 5.41) is 4.95. The van der Waals surface area contributed by atoms with Crippen LogP contribution in [0.4, 0.5) is 0 Å². The lowest BCUT2D eigenvalue weighted by Gasteiger charge is -2.11. The number of hydrogen-bond acceptors (Lipinski definition) is 4. The molecule has 126 valence electrons. The van der Waals surface area contributed by atoms with E-state index in [-0.39, 0.29) is 0 Å². The van der Waals surface area contributed by atoms with Crippen LogP contribution in [0.2, 0.25) is 5.02 Å². The lowest BCUT2D eigenvalue weighted by Crippen LogP contribution is -2.06. The Balaban J connectivity index is 1.99. The van der Waals surface area contributed by atoms with Crippen LogP contribution in [0, 0.1) is 0 Å². The predicted octanol–water partition coefficient (Wildman–Crippen LogP) is 4.43. The number of benzene rings is 2. The number of nitrogens with zero attached hydrogens (tertiary/aromatic N) is 1. The summed E-state index contributed by atoms with van der Waals surface area (Å²) in [4.78, 5) is 0. The first-order valence-electron chi connectivity index (χ1n) is 7.74. The Kier molecular flexibility index (Phi) is 7.18. The van der Waals surface area contributed by atoms with Crippen molar-refractivity contribution in [2.45, 2.75) is 13.5 Å². The Morgan fingerprint density at radius 3 is 2.75 bits per heavy atom. The summed E-state index contributed by atoms with van der Waals surface area (Å²) in [5.41, 5.74) is 4.90. The van der Waals surface area contributed by atoms with Crippen molar-refractivity contribution in [1.29, 1.82) is 0 Å². The van der Waals surface area contributed by atoms with E-state index >= 15 is 0 Å². The number of ether oxygens (including phenoxy) is 2. The molecule has 0 amide bonds. The van der Waals surface area contributed by atoms with Crippen molar-refractivity contribution >= 4 is 17.8 Å². The molecule has 0 saturated carbocycles. The van der Waals surface area contributed by atoms with Crippen LogP contribution in [0.5, 0.6) is 11.5 Å². The summed E-state index contributed by atoms with van der Waals surface area (Å²) in [6.45, 7) is 7.15. The highest BCUT2D eigenvalue weighted by molar-refractivity contribution is 6.31. The maximum atomic E-state index is 6.11. The summed E-state index contributed by atoms with van der Waals surface area (Å²) in [6.07, 6.45) is 3.43. The maximum Gasteiger partial charge on any atom is 0.161 e. The van der Waals surface area contributed by atoms with Crippen LogP contribution in [-0.2, 0) is 6.54 Å². The maximum absolute atomic E-state index is 6.11. The van der Waals surface area contributed by atoms with E-state index in [2.05, 4.69) is 17.1 Å². The second-order valence-electron chi connectivity index (χ2n) is 4.92. The highest BCUT2D eigenvalue weighted by Gasteiger charge is 2.05. The van der Waals surface area contributed by atoms with Crippen LogP contribution in [0.25, 0.3) is 0 Å². The Morgan fingerprint density at radius 1 is 1.17 bits per heavy atom. The van der Waals surface area contributed by atoms with Crippen LogP contribution in [0.1, 0.15) is 18.1 Å². The molecule has 5 heteroatoms. The molecule has 0 aliphatic rings. The van der Waals surface area contributed by atoms with Gasteiger partial charge in [-0.2, -0.15) is 5.10 Å². The van der Waals surface area contributed by atoms with Gasteiger partial charge in [-0.3, -0.25) is 0 Å². The Labute approximate surface area is 147 Å². The first-order valence-corrected chi connectivity index (χ1v) is 8.12. The van der Waals surface area contributed by atoms with E-state index in [0.29, 0.717) is 31.3 Å². The molecule has 2 aromatic rings. The summed E-state index contributed by atoms with van der Waals surface area (Å²) < 4.78 is 11.2. The minimum absolute atomic E-state index is 0.437. The van der Waals surface area contributed by atoms with Crippen molar-refractivity contribution in [3.8, 4) is 11.5 Å². The van der Waals surface area contributed by atoms with Crippen molar-refractivity contribution in [3.63, 3.8) is 0 Å². The second kappa shape index (κ2) is 9.63. The lowest BCUT2D eigenvalue weighted by molar-refractivity contribution is 0.297. The smallest absolute Gasteiger partial charge is 0.161 e. The topological polar surface area (TPSA) is 42.8 Å². The van der Waals surface area contributed by atoms with Crippen LogP contribution in [0.3, 0.4) is 0 Å². The van der Waals surface area contributed by atoms with Crippen molar-refractivity contribution in [2.75, 3.05) is 13.2 Å². The fourth-order valence-electron chi connectivity index (χ4n) is 2.03. The Hall–Kier alpha value is -2.46. The molecule has 0 aliphatic carbocycles. The standard InChI is InChI=1S/C19H21ClN2O2/c1-3-11-24-18-10-9-15(12-19(18)23-4-2)13-21-22-14-16-7-5-6-8-17(16)20/h3,5-10,12-13,22H,1,4,11,14H2,2H3/b21-13-. The average molecular weight is 345 g/mol. The summed E-state index contributed by atoms with van der Waals surface area (Å²) in [5.74, 6) is 1.38. The Bertz CT molecular complexity index is 702. The highest BCUT2D eigenvalue weighted by Crippen LogP contribution is 2.28. The van der Waals surface area contributed by atoms with Crippen molar-refractivity contribution < 1.29 is 9.47 Å². The van der Waals surface area contributed by atoms with Gasteiger partial charge in [0.1, 0.15) is 6.61 Å². The van der Waals surface area contributed by atoms with Gasteiger partial charge in [0.15, 0.2) is 11.5 Å². The van der Waals surface area contributed by atoms with Gasteiger partial charge in [-0.25, -0.2) is 0 Å². The van der Waals surface area contributed by atoms with E-state index < -0.39 is 0 Å². The molecule has 0 aromatic heterocycles. The predicted molar refractivity (Wildman–Crippen MR) is 99.2 cm³/mol. The van der Waals surface area contributed by atoms with E-state index in [4.69, 9.17) is 21.1 Å². The van der Waals surface area contributed by atoms with Crippen LogP contribution < -0.4 is 14.9 Å². The molecular weight excluding hydrogens is 324 g/mol. The average Bonchev–Trinajstić information content (AvgIpc) is 2.59. The van der Waals surface area contributed by atoms with Crippen LogP contribution in [-0.4, -0.2) is 19.4 Å². The molecule has 2 rings (SSSR count). The summed E-state index contributed by atoms with van der Waals surface area (Å²) >= 11 is 6.11. The molecule has 0 atom stereocenters. The number of halogens is 1. The number of rotatable bonds is 9. The van der Waals surface area contributed by atoms with Gasteiger partial charge in [-0.05, 0) is 42.3 Å². The molecular formula is C19H21ClN2O2. The normalized spacial score (nSPS) is 10.6. The molecule has 0 unspecified atom stereocenters. The van der Waals surface area contributed by atoms with Gasteiger partial charge >= 0.3 is 0 Å². The highest BCUT2D eigenvalue weighted by atomic mass is 35.5. The van der Waals surface area contributed by atoms with Crippen molar-refractivity contribution in [1.82, 2.24) is 5.43 Å². The molecule has 24 heavy (non-hydrogen) atoms. The monoisotopic (exact) mass is 344 g/mol. The zero-order valence-electron chi connectivity index (χ0n) is 13.7. The Morgan fingerprint density at radius 2 is 2.00 bits per heavy atom. The van der Waals surface area contributed by atoms with Gasteiger partial charge in [0.2, 0.25) is 0 Å². The van der Waals surface area contributed by atoms with Gasteiger partial charge in [-0.15, -0.1) is 0 Å². The third-order valence-electron chi connectivity index (χ3n) is 3.16. The minimum atomic E-state index is 0.437. The molecule has 4 nitrogen and oxygen atoms in total. The number of nitrogens with one attached hydrogen (secondary N) is 1. The summed E-state index contributed by atoms with van der Waals surface area (Å²) in [7, 11) is 0. The van der Waals surface area contributed by atoms with E-state index in [1.54, 1.807) is 12.3 Å². The van der Waals surface area contributed by atoms with Gasteiger partial charge in [0, 0.05) is 5.02 Å². The second-order valence-corrected chi connectivity index (χ2v) is 5.33. The van der Waals surface area contributed by atoms with Crippen molar-refractivity contribution in [3.05, 3.63) is 71.3 Å². The minimum Gasteiger partial charge on any atom is -0.490 e. The van der Waals surface area contributed by atoms with Gasteiger partial charge in [-0.1, -0.05) is 42.5 Å². The SMILES string of the molecule is C=CCOc1ccc(/C=N\NCc2ccccc2Cl)cc1OCC. The van der Waals surface area contributed by atoms with Gasteiger partial charge < -0.3 is 14.9 Å². The molecule has 0 fully saturated rings. The lowest BCUT2D eigenvalue weighted by atomic mass is 10.2. The zero-order valence-corrected chi connectivity index (χ0v) is 14.4. The molecule has 0 bridgehead atoms. The number of hydrazone groups is 1. The summed E-state index contributed by atoms with van der Waals surface area (Å²) in [6, 6.07) is 13.3. The zero-order chi connectivity index (χ0) is 17.2. The largest absolute Gasteiger partial charge is 0.490 e. The third kappa shape index (κ3) is 5.32.